The third-order valence-electron chi connectivity index (χ3n) is 3.74. The highest BCUT2D eigenvalue weighted by atomic mass is 35.5. The van der Waals surface area contributed by atoms with Gasteiger partial charge in [0.25, 0.3) is 0 Å². The van der Waals surface area contributed by atoms with Gasteiger partial charge in [-0.05, 0) is 35.9 Å². The molecular formula is C18H15Cl3N4OS. The molecule has 9 heteroatoms. The van der Waals surface area contributed by atoms with Gasteiger partial charge in [0.05, 0.1) is 15.8 Å². The lowest BCUT2D eigenvalue weighted by molar-refractivity contribution is -0.113. The van der Waals surface area contributed by atoms with Crippen LogP contribution in [0.25, 0.3) is 0 Å². The van der Waals surface area contributed by atoms with E-state index in [0.29, 0.717) is 32.3 Å². The molecule has 0 atom stereocenters. The summed E-state index contributed by atoms with van der Waals surface area (Å²) >= 11 is 19.0. The van der Waals surface area contributed by atoms with Crippen LogP contribution in [0, 0.1) is 0 Å². The van der Waals surface area contributed by atoms with Crippen LogP contribution in [0.1, 0.15) is 11.4 Å². The van der Waals surface area contributed by atoms with Crippen LogP contribution in [0.15, 0.2) is 47.6 Å². The Morgan fingerprint density at radius 2 is 1.81 bits per heavy atom. The second-order valence-electron chi connectivity index (χ2n) is 5.73. The van der Waals surface area contributed by atoms with Gasteiger partial charge in [-0.3, -0.25) is 4.79 Å². The van der Waals surface area contributed by atoms with E-state index in [1.807, 2.05) is 35.9 Å². The van der Waals surface area contributed by atoms with E-state index in [-0.39, 0.29) is 11.7 Å². The van der Waals surface area contributed by atoms with Crippen molar-refractivity contribution in [2.75, 3.05) is 11.1 Å². The molecule has 0 aliphatic carbocycles. The molecule has 3 aromatic rings. The Bertz CT molecular complexity index is 960. The Kier molecular flexibility index (Phi) is 6.65. The Balaban J connectivity index is 1.58. The summed E-state index contributed by atoms with van der Waals surface area (Å²) in [6, 6.07) is 12.5. The average molecular weight is 442 g/mol. The molecule has 140 valence electrons. The number of halogens is 3. The minimum atomic E-state index is -0.166. The fraction of sp³-hybridized carbons (Fsp3) is 0.167. The molecule has 5 nitrogen and oxygen atoms in total. The largest absolute Gasteiger partial charge is 0.325 e. The molecule has 1 heterocycles. The predicted molar refractivity (Wildman–Crippen MR) is 111 cm³/mol. The molecule has 0 radical (unpaired) electrons. The molecule has 27 heavy (non-hydrogen) atoms. The van der Waals surface area contributed by atoms with E-state index >= 15 is 0 Å². The number of anilines is 1. The zero-order chi connectivity index (χ0) is 19.4. The molecule has 0 unspecified atom stereocenters. The molecule has 0 aliphatic heterocycles. The van der Waals surface area contributed by atoms with Crippen molar-refractivity contribution in [2.24, 2.45) is 7.05 Å². The lowest BCUT2D eigenvalue weighted by Gasteiger charge is -2.07. The number of aromatic nitrogens is 3. The van der Waals surface area contributed by atoms with Gasteiger partial charge in [-0.2, -0.15) is 0 Å². The van der Waals surface area contributed by atoms with Gasteiger partial charge in [0, 0.05) is 24.2 Å². The molecule has 0 bridgehead atoms. The van der Waals surface area contributed by atoms with Crippen molar-refractivity contribution < 1.29 is 4.79 Å². The number of hydrogen-bond acceptors (Lipinski definition) is 4. The molecular weight excluding hydrogens is 427 g/mol. The number of nitrogens with zero attached hydrogens (tertiary/aromatic N) is 3. The van der Waals surface area contributed by atoms with Gasteiger partial charge in [0.1, 0.15) is 5.82 Å². The molecule has 0 aliphatic rings. The number of nitrogens with one attached hydrogen (secondary N) is 1. The van der Waals surface area contributed by atoms with Gasteiger partial charge >= 0.3 is 0 Å². The lowest BCUT2D eigenvalue weighted by Crippen LogP contribution is -2.14. The second kappa shape index (κ2) is 8.97. The minimum Gasteiger partial charge on any atom is -0.325 e. The molecule has 0 saturated carbocycles. The van der Waals surface area contributed by atoms with Crippen molar-refractivity contribution in [3.8, 4) is 0 Å². The van der Waals surface area contributed by atoms with Crippen LogP contribution in [0.3, 0.4) is 0 Å². The van der Waals surface area contributed by atoms with Crippen LogP contribution < -0.4 is 5.32 Å². The van der Waals surface area contributed by atoms with E-state index in [4.69, 9.17) is 34.8 Å². The van der Waals surface area contributed by atoms with E-state index in [1.54, 1.807) is 18.2 Å². The van der Waals surface area contributed by atoms with Crippen LogP contribution in [0.2, 0.25) is 15.1 Å². The maximum Gasteiger partial charge on any atom is 0.234 e. The first kappa shape index (κ1) is 20.0. The standard InChI is InChI=1S/C18H15Cl3N4OS/c1-25-16(8-11-2-4-12(19)5-3-11)23-24-18(25)27-10-17(26)22-13-6-7-14(20)15(21)9-13/h2-7,9H,8,10H2,1H3,(H,22,26). The second-order valence-corrected chi connectivity index (χ2v) is 7.92. The summed E-state index contributed by atoms with van der Waals surface area (Å²) in [7, 11) is 1.88. The van der Waals surface area contributed by atoms with Gasteiger partial charge in [-0.1, -0.05) is 58.7 Å². The van der Waals surface area contributed by atoms with Crippen molar-refractivity contribution >= 4 is 58.2 Å². The van der Waals surface area contributed by atoms with E-state index < -0.39 is 0 Å². The first-order valence-corrected chi connectivity index (χ1v) is 10.0. The van der Waals surface area contributed by atoms with Crippen molar-refractivity contribution in [3.63, 3.8) is 0 Å². The fourth-order valence-electron chi connectivity index (χ4n) is 2.31. The van der Waals surface area contributed by atoms with Crippen LogP contribution in [0.5, 0.6) is 0 Å². The van der Waals surface area contributed by atoms with Crippen molar-refractivity contribution in [1.82, 2.24) is 14.8 Å². The van der Waals surface area contributed by atoms with Gasteiger partial charge in [-0.15, -0.1) is 10.2 Å². The molecule has 1 aromatic heterocycles. The third-order valence-corrected chi connectivity index (χ3v) is 5.75. The maximum atomic E-state index is 12.1. The number of rotatable bonds is 6. The first-order valence-electron chi connectivity index (χ1n) is 7.93. The quantitative estimate of drug-likeness (QED) is 0.541. The van der Waals surface area contributed by atoms with Crippen LogP contribution in [0.4, 0.5) is 5.69 Å². The molecule has 0 spiro atoms. The molecule has 1 amide bonds. The first-order chi connectivity index (χ1) is 12.9. The number of thioether (sulfide) groups is 1. The summed E-state index contributed by atoms with van der Waals surface area (Å²) in [5.41, 5.74) is 1.68. The maximum absolute atomic E-state index is 12.1. The normalized spacial score (nSPS) is 10.8. The Hall–Kier alpha value is -1.73. The Morgan fingerprint density at radius 3 is 2.52 bits per heavy atom. The molecule has 0 fully saturated rings. The number of carbonyl (C=O) groups excluding carboxylic acids is 1. The summed E-state index contributed by atoms with van der Waals surface area (Å²) in [6.45, 7) is 0. The number of benzene rings is 2. The monoisotopic (exact) mass is 440 g/mol. The molecule has 0 saturated heterocycles. The van der Waals surface area contributed by atoms with E-state index in [1.165, 1.54) is 11.8 Å². The zero-order valence-corrected chi connectivity index (χ0v) is 17.3. The van der Waals surface area contributed by atoms with Crippen LogP contribution in [-0.4, -0.2) is 26.4 Å². The number of hydrogen-bond donors (Lipinski definition) is 1. The zero-order valence-electron chi connectivity index (χ0n) is 14.2. The smallest absolute Gasteiger partial charge is 0.234 e. The highest BCUT2D eigenvalue weighted by Gasteiger charge is 2.12. The lowest BCUT2D eigenvalue weighted by atomic mass is 10.1. The van der Waals surface area contributed by atoms with E-state index in [9.17, 15) is 4.79 Å². The SMILES string of the molecule is Cn1c(Cc2ccc(Cl)cc2)nnc1SCC(=O)Nc1ccc(Cl)c(Cl)c1. The minimum absolute atomic E-state index is 0.166. The summed E-state index contributed by atoms with van der Waals surface area (Å²) < 4.78 is 1.88. The average Bonchev–Trinajstić information content (AvgIpc) is 2.98. The summed E-state index contributed by atoms with van der Waals surface area (Å²) in [5, 5.41) is 13.4. The number of carbonyl (C=O) groups is 1. The third kappa shape index (κ3) is 5.39. The summed E-state index contributed by atoms with van der Waals surface area (Å²) in [6.07, 6.45) is 0.636. The fourth-order valence-corrected chi connectivity index (χ4v) is 3.46. The highest BCUT2D eigenvalue weighted by molar-refractivity contribution is 7.99. The molecule has 3 rings (SSSR count). The molecule has 2 aromatic carbocycles. The van der Waals surface area contributed by atoms with E-state index in [0.717, 1.165) is 11.4 Å². The Labute approximate surface area is 176 Å². The van der Waals surface area contributed by atoms with Crippen molar-refractivity contribution in [1.29, 1.82) is 0 Å². The van der Waals surface area contributed by atoms with Gasteiger partial charge < -0.3 is 9.88 Å². The van der Waals surface area contributed by atoms with E-state index in [2.05, 4.69) is 15.5 Å². The number of amides is 1. The van der Waals surface area contributed by atoms with Crippen LogP contribution in [-0.2, 0) is 18.3 Å². The van der Waals surface area contributed by atoms with Crippen molar-refractivity contribution in [3.05, 3.63) is 68.9 Å². The summed E-state index contributed by atoms with van der Waals surface area (Å²) in [4.78, 5) is 12.1. The van der Waals surface area contributed by atoms with Gasteiger partial charge in [0.2, 0.25) is 5.91 Å². The van der Waals surface area contributed by atoms with Gasteiger partial charge in [-0.25, -0.2) is 0 Å². The van der Waals surface area contributed by atoms with Crippen LogP contribution >= 0.6 is 46.6 Å². The Morgan fingerprint density at radius 1 is 1.07 bits per heavy atom. The highest BCUT2D eigenvalue weighted by Crippen LogP contribution is 2.25. The summed E-state index contributed by atoms with van der Waals surface area (Å²) in [5.74, 6) is 0.845. The topological polar surface area (TPSA) is 59.8 Å². The van der Waals surface area contributed by atoms with Gasteiger partial charge in [0.15, 0.2) is 5.16 Å². The predicted octanol–water partition coefficient (Wildman–Crippen LogP) is 5.10. The molecule has 1 N–H and O–H groups in total. The van der Waals surface area contributed by atoms with Crippen molar-refractivity contribution in [2.45, 2.75) is 11.6 Å².